The minimum atomic E-state index is -3.34. The number of hydrogen-bond donors (Lipinski definition) is 1. The van der Waals surface area contributed by atoms with Crippen LogP contribution in [-0.2, 0) is 10.0 Å². The summed E-state index contributed by atoms with van der Waals surface area (Å²) in [6.07, 6.45) is 2.73. The minimum Gasteiger partial charge on any atom is -0.265 e. The summed E-state index contributed by atoms with van der Waals surface area (Å²) in [6, 6.07) is 0. The lowest BCUT2D eigenvalue weighted by atomic mass is 10.7. The SMILES string of the molecule is O=S(=O)(CBr)Nc1cnc(Br)cn1. The molecule has 8 heteroatoms. The first kappa shape index (κ1) is 10.9. The van der Waals surface area contributed by atoms with Gasteiger partial charge in [0.1, 0.15) is 9.27 Å². The number of nitrogens with zero attached hydrogens (tertiary/aromatic N) is 2. The molecule has 0 radical (unpaired) electrons. The Morgan fingerprint density at radius 1 is 1.38 bits per heavy atom. The Morgan fingerprint density at radius 3 is 2.54 bits per heavy atom. The topological polar surface area (TPSA) is 72.0 Å². The number of halogens is 2. The highest BCUT2D eigenvalue weighted by molar-refractivity contribution is 9.11. The normalized spacial score (nSPS) is 11.2. The van der Waals surface area contributed by atoms with Gasteiger partial charge in [0.05, 0.1) is 12.4 Å². The van der Waals surface area contributed by atoms with Crippen LogP contribution in [0.5, 0.6) is 0 Å². The second-order valence-corrected chi connectivity index (χ2v) is 5.89. The predicted octanol–water partition coefficient (Wildman–Crippen LogP) is 1.33. The van der Waals surface area contributed by atoms with E-state index in [1.54, 1.807) is 0 Å². The molecule has 13 heavy (non-hydrogen) atoms. The Hall–Kier alpha value is -0.210. The zero-order chi connectivity index (χ0) is 9.90. The summed E-state index contributed by atoms with van der Waals surface area (Å²) in [5, 5.41) is 0. The van der Waals surface area contributed by atoms with E-state index in [4.69, 9.17) is 0 Å². The van der Waals surface area contributed by atoms with Crippen LogP contribution in [0.1, 0.15) is 0 Å². The largest absolute Gasteiger partial charge is 0.265 e. The van der Waals surface area contributed by atoms with Crippen LogP contribution in [0.25, 0.3) is 0 Å². The summed E-state index contributed by atoms with van der Waals surface area (Å²) >= 11 is 5.92. The third kappa shape index (κ3) is 3.57. The molecular formula is C5H5Br2N3O2S. The number of hydrogen-bond acceptors (Lipinski definition) is 4. The first-order chi connectivity index (χ1) is 6.03. The van der Waals surface area contributed by atoms with Crippen molar-refractivity contribution in [3.8, 4) is 0 Å². The molecule has 1 heterocycles. The summed E-state index contributed by atoms with van der Waals surface area (Å²) in [4.78, 5) is 7.60. The lowest BCUT2D eigenvalue weighted by Crippen LogP contribution is -2.14. The summed E-state index contributed by atoms with van der Waals surface area (Å²) in [6.45, 7) is 0. The van der Waals surface area contributed by atoms with E-state index in [-0.39, 0.29) is 10.5 Å². The Bertz CT molecular complexity index is 377. The zero-order valence-corrected chi connectivity index (χ0v) is 10.2. The van der Waals surface area contributed by atoms with Crippen molar-refractivity contribution < 1.29 is 8.42 Å². The highest BCUT2D eigenvalue weighted by atomic mass is 79.9. The molecule has 1 aromatic heterocycles. The molecule has 0 unspecified atom stereocenters. The van der Waals surface area contributed by atoms with Gasteiger partial charge in [-0.15, -0.1) is 0 Å². The Labute approximate surface area is 92.3 Å². The molecule has 0 aromatic carbocycles. The first-order valence-corrected chi connectivity index (χ1v) is 6.64. The van der Waals surface area contributed by atoms with Crippen molar-refractivity contribution >= 4 is 47.7 Å². The Balaban J connectivity index is 2.82. The standard InChI is InChI=1S/C5H5Br2N3O2S/c6-3-13(11,12)10-5-2-8-4(7)1-9-5/h1-2H,3H2,(H,9,10). The van der Waals surface area contributed by atoms with Crippen molar-refractivity contribution in [1.82, 2.24) is 9.97 Å². The van der Waals surface area contributed by atoms with Crippen LogP contribution in [0.4, 0.5) is 5.82 Å². The number of nitrogens with one attached hydrogen (secondary N) is 1. The molecule has 0 saturated heterocycles. The number of sulfonamides is 1. The van der Waals surface area contributed by atoms with Gasteiger partial charge in [-0.1, -0.05) is 15.9 Å². The summed E-state index contributed by atoms with van der Waals surface area (Å²) < 4.78 is 24.6. The van der Waals surface area contributed by atoms with Crippen LogP contribution in [0.2, 0.25) is 0 Å². The molecular weight excluding hydrogens is 326 g/mol. The molecule has 0 aliphatic rings. The van der Waals surface area contributed by atoms with Gasteiger partial charge in [-0.3, -0.25) is 4.72 Å². The van der Waals surface area contributed by atoms with Crippen LogP contribution >= 0.6 is 31.9 Å². The van der Waals surface area contributed by atoms with Gasteiger partial charge in [0.25, 0.3) is 0 Å². The van der Waals surface area contributed by atoms with Gasteiger partial charge in [0.2, 0.25) is 10.0 Å². The molecule has 0 fully saturated rings. The maximum Gasteiger partial charge on any atom is 0.243 e. The Morgan fingerprint density at radius 2 is 2.08 bits per heavy atom. The van der Waals surface area contributed by atoms with Gasteiger partial charge in [-0.05, 0) is 15.9 Å². The predicted molar refractivity (Wildman–Crippen MR) is 56.1 cm³/mol. The van der Waals surface area contributed by atoms with Crippen molar-refractivity contribution in [2.75, 3.05) is 9.38 Å². The molecule has 0 aliphatic carbocycles. The molecule has 0 aliphatic heterocycles. The van der Waals surface area contributed by atoms with Crippen molar-refractivity contribution in [2.45, 2.75) is 0 Å². The van der Waals surface area contributed by atoms with Gasteiger partial charge < -0.3 is 0 Å². The highest BCUT2D eigenvalue weighted by Crippen LogP contribution is 2.08. The van der Waals surface area contributed by atoms with E-state index in [1.165, 1.54) is 12.4 Å². The van der Waals surface area contributed by atoms with Gasteiger partial charge in [-0.25, -0.2) is 18.4 Å². The summed E-state index contributed by atoms with van der Waals surface area (Å²) in [7, 11) is -3.34. The average Bonchev–Trinajstić information content (AvgIpc) is 2.09. The molecule has 0 saturated carbocycles. The van der Waals surface area contributed by atoms with Crippen LogP contribution in [0, 0.1) is 0 Å². The highest BCUT2D eigenvalue weighted by Gasteiger charge is 2.08. The maximum atomic E-state index is 11.0. The third-order valence-corrected chi connectivity index (χ3v) is 4.05. The maximum absolute atomic E-state index is 11.0. The van der Waals surface area contributed by atoms with Crippen molar-refractivity contribution in [2.24, 2.45) is 0 Å². The molecule has 0 atom stereocenters. The number of alkyl halides is 1. The fourth-order valence-electron chi connectivity index (χ4n) is 0.552. The molecule has 72 valence electrons. The van der Waals surface area contributed by atoms with Gasteiger partial charge in [0.15, 0.2) is 5.82 Å². The van der Waals surface area contributed by atoms with Gasteiger partial charge in [-0.2, -0.15) is 0 Å². The minimum absolute atomic E-state index is 0.169. The molecule has 1 aromatic rings. The van der Waals surface area contributed by atoms with E-state index < -0.39 is 10.0 Å². The first-order valence-electron chi connectivity index (χ1n) is 3.07. The fraction of sp³-hybridized carbons (Fsp3) is 0.200. The quantitative estimate of drug-likeness (QED) is 0.849. The van der Waals surface area contributed by atoms with Crippen LogP contribution in [0.3, 0.4) is 0 Å². The van der Waals surface area contributed by atoms with Crippen LogP contribution in [0.15, 0.2) is 17.0 Å². The lowest BCUT2D eigenvalue weighted by Gasteiger charge is -2.02. The summed E-state index contributed by atoms with van der Waals surface area (Å²) in [5.74, 6) is 0.197. The second-order valence-electron chi connectivity index (χ2n) is 2.05. The van der Waals surface area contributed by atoms with E-state index in [1.807, 2.05) is 0 Å². The molecule has 1 N–H and O–H groups in total. The Kier molecular flexibility index (Phi) is 3.63. The second kappa shape index (κ2) is 4.34. The van der Waals surface area contributed by atoms with E-state index in [9.17, 15) is 8.42 Å². The van der Waals surface area contributed by atoms with Gasteiger partial charge >= 0.3 is 0 Å². The molecule has 5 nitrogen and oxygen atoms in total. The zero-order valence-electron chi connectivity index (χ0n) is 6.24. The molecule has 0 amide bonds. The fourth-order valence-corrected chi connectivity index (χ4v) is 1.58. The number of aromatic nitrogens is 2. The molecule has 0 spiro atoms. The van der Waals surface area contributed by atoms with E-state index in [0.717, 1.165) is 0 Å². The van der Waals surface area contributed by atoms with E-state index >= 15 is 0 Å². The van der Waals surface area contributed by atoms with Crippen LogP contribution in [-0.4, -0.2) is 23.0 Å². The smallest absolute Gasteiger partial charge is 0.243 e. The van der Waals surface area contributed by atoms with Gasteiger partial charge in [0, 0.05) is 0 Å². The summed E-state index contributed by atoms with van der Waals surface area (Å²) in [5.41, 5.74) is 0. The van der Waals surface area contributed by atoms with Crippen LogP contribution < -0.4 is 4.72 Å². The van der Waals surface area contributed by atoms with E-state index in [2.05, 4.69) is 46.5 Å². The molecule has 1 rings (SSSR count). The third-order valence-electron chi connectivity index (χ3n) is 1.02. The van der Waals surface area contributed by atoms with E-state index in [0.29, 0.717) is 4.60 Å². The molecule has 0 bridgehead atoms. The lowest BCUT2D eigenvalue weighted by molar-refractivity contribution is 0.606. The van der Waals surface area contributed by atoms with Crippen molar-refractivity contribution in [3.63, 3.8) is 0 Å². The number of rotatable bonds is 3. The van der Waals surface area contributed by atoms with Crippen molar-refractivity contribution in [1.29, 1.82) is 0 Å². The number of anilines is 1. The monoisotopic (exact) mass is 329 g/mol. The van der Waals surface area contributed by atoms with Crippen molar-refractivity contribution in [3.05, 3.63) is 17.0 Å². The average molecular weight is 331 g/mol.